The molecule has 3 nitrogen and oxygen atoms in total. The topological polar surface area (TPSA) is 46.0 Å². The van der Waals surface area contributed by atoms with Gasteiger partial charge in [-0.1, -0.05) is 23.7 Å². The fourth-order valence-electron chi connectivity index (χ4n) is 1.95. The molecule has 3 aromatic rings. The maximum Gasteiger partial charge on any atom is 0.197 e. The molecule has 0 saturated carbocycles. The number of phenols is 1. The quantitative estimate of drug-likeness (QED) is 0.670. The highest BCUT2D eigenvalue weighted by molar-refractivity contribution is 9.10. The molecular weight excluding hydrogens is 328 g/mol. The zero-order valence-electron chi connectivity index (χ0n) is 9.64. The van der Waals surface area contributed by atoms with Gasteiger partial charge in [0.05, 0.1) is 11.2 Å². The van der Waals surface area contributed by atoms with E-state index in [1.165, 1.54) is 0 Å². The Morgan fingerprint density at radius 2 is 1.84 bits per heavy atom. The van der Waals surface area contributed by atoms with Gasteiger partial charge in [-0.15, -0.1) is 0 Å². The van der Waals surface area contributed by atoms with Gasteiger partial charge in [-0.25, -0.2) is 9.97 Å². The summed E-state index contributed by atoms with van der Waals surface area (Å²) in [6, 6.07) is 12.5. The minimum absolute atomic E-state index is 0.175. The van der Waals surface area contributed by atoms with Gasteiger partial charge in [0.25, 0.3) is 0 Å². The van der Waals surface area contributed by atoms with Crippen LogP contribution in [0.25, 0.3) is 22.2 Å². The average Bonchev–Trinajstić information content (AvgIpc) is 2.39. The average molecular weight is 336 g/mol. The van der Waals surface area contributed by atoms with E-state index in [1.807, 2.05) is 18.2 Å². The molecule has 0 bridgehead atoms. The first-order chi connectivity index (χ1) is 9.15. The highest BCUT2D eigenvalue weighted by Gasteiger charge is 2.12. The maximum atomic E-state index is 9.97. The van der Waals surface area contributed by atoms with Crippen LogP contribution in [-0.2, 0) is 0 Å². The predicted molar refractivity (Wildman–Crippen MR) is 79.3 cm³/mol. The molecule has 0 atom stereocenters. The van der Waals surface area contributed by atoms with E-state index in [0.29, 0.717) is 21.0 Å². The van der Waals surface area contributed by atoms with Gasteiger partial charge in [-0.05, 0) is 46.3 Å². The Bertz CT molecular complexity index is 776. The molecule has 1 aromatic heterocycles. The Hall–Kier alpha value is -1.65. The Morgan fingerprint density at radius 3 is 2.63 bits per heavy atom. The molecule has 1 heterocycles. The Labute approximate surface area is 123 Å². The van der Waals surface area contributed by atoms with Crippen molar-refractivity contribution >= 4 is 38.4 Å². The first kappa shape index (κ1) is 12.4. The van der Waals surface area contributed by atoms with Gasteiger partial charge >= 0.3 is 0 Å². The van der Waals surface area contributed by atoms with E-state index >= 15 is 0 Å². The van der Waals surface area contributed by atoms with Gasteiger partial charge in [-0.2, -0.15) is 0 Å². The van der Waals surface area contributed by atoms with Crippen LogP contribution in [0.3, 0.4) is 0 Å². The molecule has 0 aliphatic carbocycles. The third-order valence-electron chi connectivity index (χ3n) is 2.79. The normalized spacial score (nSPS) is 10.8. The largest absolute Gasteiger partial charge is 0.507 e. The summed E-state index contributed by atoms with van der Waals surface area (Å²) >= 11 is 9.31. The van der Waals surface area contributed by atoms with Crippen molar-refractivity contribution in [3.05, 3.63) is 52.2 Å². The Balaban J connectivity index is 2.40. The first-order valence-corrected chi connectivity index (χ1v) is 6.73. The number of para-hydroxylation sites is 1. The number of aromatic hydroxyl groups is 1. The summed E-state index contributed by atoms with van der Waals surface area (Å²) in [5.41, 5.74) is 2.07. The standard InChI is InChI=1S/C14H8BrClN2O/c15-14-17-11-6-5-8(16)7-10(11)13(18-14)9-3-1-2-4-12(9)19/h1-7,19H. The van der Waals surface area contributed by atoms with Crippen LogP contribution in [0.1, 0.15) is 0 Å². The molecule has 0 saturated heterocycles. The van der Waals surface area contributed by atoms with Crippen molar-refractivity contribution in [2.24, 2.45) is 0 Å². The highest BCUT2D eigenvalue weighted by atomic mass is 79.9. The van der Waals surface area contributed by atoms with Crippen molar-refractivity contribution in [1.29, 1.82) is 0 Å². The number of hydrogen-bond acceptors (Lipinski definition) is 3. The number of benzene rings is 2. The summed E-state index contributed by atoms with van der Waals surface area (Å²) in [5.74, 6) is 0.175. The molecule has 19 heavy (non-hydrogen) atoms. The van der Waals surface area contributed by atoms with E-state index in [9.17, 15) is 5.11 Å². The van der Waals surface area contributed by atoms with Crippen molar-refractivity contribution in [3.8, 4) is 17.0 Å². The number of rotatable bonds is 1. The second-order valence-corrected chi connectivity index (χ2v) is 5.17. The van der Waals surface area contributed by atoms with Gasteiger partial charge in [0.2, 0.25) is 0 Å². The zero-order chi connectivity index (χ0) is 13.4. The summed E-state index contributed by atoms with van der Waals surface area (Å²) in [7, 11) is 0. The van der Waals surface area contributed by atoms with Gasteiger partial charge in [0.1, 0.15) is 5.75 Å². The van der Waals surface area contributed by atoms with Gasteiger partial charge in [-0.3, -0.25) is 0 Å². The van der Waals surface area contributed by atoms with Crippen LogP contribution < -0.4 is 0 Å². The van der Waals surface area contributed by atoms with Crippen LogP contribution >= 0.6 is 27.5 Å². The number of nitrogens with zero attached hydrogens (tertiary/aromatic N) is 2. The van der Waals surface area contributed by atoms with Gasteiger partial charge in [0, 0.05) is 16.0 Å². The summed E-state index contributed by atoms with van der Waals surface area (Å²) < 4.78 is 0.473. The van der Waals surface area contributed by atoms with Crippen LogP contribution in [0.5, 0.6) is 5.75 Å². The summed E-state index contributed by atoms with van der Waals surface area (Å²) in [6.07, 6.45) is 0. The smallest absolute Gasteiger partial charge is 0.197 e. The molecule has 1 N–H and O–H groups in total. The lowest BCUT2D eigenvalue weighted by atomic mass is 10.1. The third-order valence-corrected chi connectivity index (χ3v) is 3.38. The van der Waals surface area contributed by atoms with Gasteiger partial charge < -0.3 is 5.11 Å². The van der Waals surface area contributed by atoms with Crippen molar-refractivity contribution in [3.63, 3.8) is 0 Å². The summed E-state index contributed by atoms with van der Waals surface area (Å²) in [6.45, 7) is 0. The minimum Gasteiger partial charge on any atom is -0.507 e. The van der Waals surface area contributed by atoms with Crippen LogP contribution in [0.4, 0.5) is 0 Å². The lowest BCUT2D eigenvalue weighted by molar-refractivity contribution is 0.477. The van der Waals surface area contributed by atoms with Crippen LogP contribution in [0.2, 0.25) is 5.02 Å². The van der Waals surface area contributed by atoms with Crippen LogP contribution in [0, 0.1) is 0 Å². The maximum absolute atomic E-state index is 9.97. The molecule has 3 rings (SSSR count). The molecule has 0 radical (unpaired) electrons. The molecule has 0 unspecified atom stereocenters. The summed E-state index contributed by atoms with van der Waals surface area (Å²) in [4.78, 5) is 8.66. The van der Waals surface area contributed by atoms with Crippen LogP contribution in [0.15, 0.2) is 47.2 Å². The number of hydrogen-bond donors (Lipinski definition) is 1. The van der Waals surface area contributed by atoms with Crippen molar-refractivity contribution in [2.45, 2.75) is 0 Å². The number of aromatic nitrogens is 2. The first-order valence-electron chi connectivity index (χ1n) is 5.56. The van der Waals surface area contributed by atoms with E-state index in [2.05, 4.69) is 25.9 Å². The van der Waals surface area contributed by atoms with E-state index in [-0.39, 0.29) is 5.75 Å². The predicted octanol–water partition coefficient (Wildman–Crippen LogP) is 4.42. The fourth-order valence-corrected chi connectivity index (χ4v) is 2.49. The van der Waals surface area contributed by atoms with Crippen LogP contribution in [-0.4, -0.2) is 15.1 Å². The molecule has 0 amide bonds. The SMILES string of the molecule is Oc1ccccc1-c1nc(Br)nc2ccc(Cl)cc12. The Morgan fingerprint density at radius 1 is 1.05 bits per heavy atom. The molecule has 0 fully saturated rings. The minimum atomic E-state index is 0.175. The molecule has 5 heteroatoms. The number of halogens is 2. The van der Waals surface area contributed by atoms with E-state index < -0.39 is 0 Å². The lowest BCUT2D eigenvalue weighted by Crippen LogP contribution is -1.92. The van der Waals surface area contributed by atoms with E-state index in [0.717, 1.165) is 10.9 Å². The highest BCUT2D eigenvalue weighted by Crippen LogP contribution is 2.34. The number of fused-ring (bicyclic) bond motifs is 1. The summed E-state index contributed by atoms with van der Waals surface area (Å²) in [5, 5.41) is 11.4. The molecule has 0 aliphatic rings. The van der Waals surface area contributed by atoms with Crippen molar-refractivity contribution in [1.82, 2.24) is 9.97 Å². The second-order valence-electron chi connectivity index (χ2n) is 4.02. The van der Waals surface area contributed by atoms with Crippen molar-refractivity contribution in [2.75, 3.05) is 0 Å². The zero-order valence-corrected chi connectivity index (χ0v) is 12.0. The molecule has 94 valence electrons. The molecular formula is C14H8BrClN2O. The Kier molecular flexibility index (Phi) is 3.12. The third kappa shape index (κ3) is 2.29. The molecule has 0 spiro atoms. The second kappa shape index (κ2) is 4.79. The lowest BCUT2D eigenvalue weighted by Gasteiger charge is -2.08. The monoisotopic (exact) mass is 334 g/mol. The van der Waals surface area contributed by atoms with Gasteiger partial charge in [0.15, 0.2) is 4.73 Å². The molecule has 2 aromatic carbocycles. The van der Waals surface area contributed by atoms with Crippen molar-refractivity contribution < 1.29 is 5.11 Å². The van der Waals surface area contributed by atoms with E-state index in [1.54, 1.807) is 24.3 Å². The fraction of sp³-hybridized carbons (Fsp3) is 0. The number of phenolic OH excluding ortho intramolecular Hbond substituents is 1. The van der Waals surface area contributed by atoms with E-state index in [4.69, 9.17) is 11.6 Å². The molecule has 0 aliphatic heterocycles.